The van der Waals surface area contributed by atoms with Crippen molar-refractivity contribution in [3.63, 3.8) is 0 Å². The van der Waals surface area contributed by atoms with Crippen LogP contribution in [0.4, 0.5) is 0 Å². The highest BCUT2D eigenvalue weighted by molar-refractivity contribution is 5.85. The van der Waals surface area contributed by atoms with Crippen molar-refractivity contribution in [3.05, 3.63) is 36.5 Å². The normalized spacial score (nSPS) is 27.5. The van der Waals surface area contributed by atoms with E-state index in [1.807, 2.05) is 12.1 Å². The van der Waals surface area contributed by atoms with Gasteiger partial charge in [0.25, 0.3) is 0 Å². The summed E-state index contributed by atoms with van der Waals surface area (Å²) in [6.07, 6.45) is 9.01. The van der Waals surface area contributed by atoms with E-state index in [0.717, 1.165) is 70.6 Å². The number of piperidine rings is 1. The van der Waals surface area contributed by atoms with Crippen LogP contribution in [0.1, 0.15) is 31.2 Å². The topological polar surface area (TPSA) is 97.2 Å². The number of fused-ring (bicyclic) bond motifs is 1. The summed E-state index contributed by atoms with van der Waals surface area (Å²) >= 11 is 0. The number of aromatic nitrogens is 4. The molecule has 0 aromatic carbocycles. The quantitative estimate of drug-likeness (QED) is 0.647. The SMILES string of the molecule is Cl.Cl.O=C(NCc1cccnc1-n1cncn1)[C@@]12CC[C@@H](N3CCOCC3)C[C@H]1CCNC2. The molecular weight excluding hydrogens is 465 g/mol. The fourth-order valence-electron chi connectivity index (χ4n) is 5.61. The van der Waals surface area contributed by atoms with Crippen molar-refractivity contribution in [1.29, 1.82) is 0 Å². The first-order chi connectivity index (χ1) is 15.3. The Kier molecular flexibility index (Phi) is 9.06. The van der Waals surface area contributed by atoms with Gasteiger partial charge < -0.3 is 15.4 Å². The fourth-order valence-corrected chi connectivity index (χ4v) is 5.61. The molecule has 3 fully saturated rings. The molecule has 3 atom stereocenters. The zero-order valence-corrected chi connectivity index (χ0v) is 20.3. The number of ether oxygens (including phenoxy) is 1. The Morgan fingerprint density at radius 2 is 2.12 bits per heavy atom. The van der Waals surface area contributed by atoms with Gasteiger partial charge in [-0.3, -0.25) is 9.69 Å². The predicted molar refractivity (Wildman–Crippen MR) is 129 cm³/mol. The summed E-state index contributed by atoms with van der Waals surface area (Å²) in [5.74, 6) is 1.28. The number of hydrogen-bond donors (Lipinski definition) is 2. The molecule has 0 radical (unpaired) electrons. The maximum Gasteiger partial charge on any atom is 0.228 e. The van der Waals surface area contributed by atoms with Gasteiger partial charge in [0.15, 0.2) is 5.82 Å². The minimum absolute atomic E-state index is 0. The maximum atomic E-state index is 13.6. The third-order valence-corrected chi connectivity index (χ3v) is 7.33. The molecule has 0 unspecified atom stereocenters. The predicted octanol–water partition coefficient (Wildman–Crippen LogP) is 1.60. The Hall–Kier alpha value is -1.78. The average molecular weight is 498 g/mol. The van der Waals surface area contributed by atoms with Gasteiger partial charge in [-0.25, -0.2) is 14.6 Å². The first kappa shape index (κ1) is 25.8. The minimum atomic E-state index is -0.323. The number of carbonyl (C=O) groups is 1. The van der Waals surface area contributed by atoms with Gasteiger partial charge in [0, 0.05) is 44.0 Å². The lowest BCUT2D eigenvalue weighted by Gasteiger charge is -2.50. The van der Waals surface area contributed by atoms with Crippen LogP contribution in [0.3, 0.4) is 0 Å². The van der Waals surface area contributed by atoms with E-state index >= 15 is 0 Å². The minimum Gasteiger partial charge on any atom is -0.379 e. The van der Waals surface area contributed by atoms with Crippen LogP contribution in [-0.2, 0) is 16.1 Å². The second-order valence-electron chi connectivity index (χ2n) is 8.90. The first-order valence-corrected chi connectivity index (χ1v) is 11.4. The van der Waals surface area contributed by atoms with Crippen LogP contribution < -0.4 is 10.6 Å². The number of carbonyl (C=O) groups excluding carboxylic acids is 1. The van der Waals surface area contributed by atoms with Crippen LogP contribution in [0.5, 0.6) is 0 Å². The monoisotopic (exact) mass is 497 g/mol. The van der Waals surface area contributed by atoms with Gasteiger partial charge in [-0.05, 0) is 44.2 Å². The van der Waals surface area contributed by atoms with Crippen LogP contribution in [-0.4, -0.2) is 76.0 Å². The number of halogens is 2. The molecule has 2 aliphatic heterocycles. The smallest absolute Gasteiger partial charge is 0.228 e. The van der Waals surface area contributed by atoms with E-state index in [1.54, 1.807) is 17.2 Å². The highest BCUT2D eigenvalue weighted by Gasteiger charge is 2.50. The molecule has 1 amide bonds. The summed E-state index contributed by atoms with van der Waals surface area (Å²) in [6.45, 7) is 5.88. The highest BCUT2D eigenvalue weighted by Crippen LogP contribution is 2.46. The maximum absolute atomic E-state index is 13.6. The van der Waals surface area contributed by atoms with Crippen molar-refractivity contribution in [2.75, 3.05) is 39.4 Å². The molecular formula is C22H33Cl2N7O2. The van der Waals surface area contributed by atoms with E-state index < -0.39 is 0 Å². The number of nitrogens with zero attached hydrogens (tertiary/aromatic N) is 5. The summed E-state index contributed by atoms with van der Waals surface area (Å²) in [7, 11) is 0. The van der Waals surface area contributed by atoms with E-state index in [4.69, 9.17) is 4.74 Å². The standard InChI is InChI=1S/C22H31N7O2.2ClH/c30-21(26-13-17-2-1-6-25-20(17)29-16-24-15-27-29)22-5-3-19(28-8-10-31-11-9-28)12-18(22)4-7-23-14-22;;/h1-2,6,15-16,18-19,23H,3-5,7-14H2,(H,26,30);2*1H/t18-,19-,22-;;/m1../s1. The van der Waals surface area contributed by atoms with Crippen LogP contribution in [0.25, 0.3) is 5.82 Å². The second kappa shape index (κ2) is 11.6. The highest BCUT2D eigenvalue weighted by atomic mass is 35.5. The molecule has 11 heteroatoms. The lowest BCUT2D eigenvalue weighted by atomic mass is 9.61. The Labute approximate surface area is 206 Å². The molecule has 2 N–H and O–H groups in total. The lowest BCUT2D eigenvalue weighted by molar-refractivity contribution is -0.140. The first-order valence-electron chi connectivity index (χ1n) is 11.4. The molecule has 5 rings (SSSR count). The molecule has 3 aliphatic rings. The Morgan fingerprint density at radius 1 is 1.27 bits per heavy atom. The van der Waals surface area contributed by atoms with Gasteiger partial charge in [0.1, 0.15) is 12.7 Å². The van der Waals surface area contributed by atoms with Gasteiger partial charge >= 0.3 is 0 Å². The Morgan fingerprint density at radius 3 is 2.91 bits per heavy atom. The largest absolute Gasteiger partial charge is 0.379 e. The van der Waals surface area contributed by atoms with E-state index in [1.165, 1.54) is 6.33 Å². The summed E-state index contributed by atoms with van der Waals surface area (Å²) < 4.78 is 7.17. The van der Waals surface area contributed by atoms with Gasteiger partial charge in [-0.2, -0.15) is 5.10 Å². The van der Waals surface area contributed by atoms with Crippen molar-refractivity contribution >= 4 is 30.7 Å². The number of morpholine rings is 1. The lowest BCUT2D eigenvalue weighted by Crippen LogP contribution is -2.60. The molecule has 2 aromatic heterocycles. The number of rotatable bonds is 5. The number of hydrogen-bond acceptors (Lipinski definition) is 7. The van der Waals surface area contributed by atoms with E-state index in [9.17, 15) is 4.79 Å². The van der Waals surface area contributed by atoms with Gasteiger partial charge in [-0.15, -0.1) is 24.8 Å². The van der Waals surface area contributed by atoms with Gasteiger partial charge in [-0.1, -0.05) is 6.07 Å². The summed E-state index contributed by atoms with van der Waals surface area (Å²) in [5, 5.41) is 10.9. The molecule has 0 bridgehead atoms. The number of pyridine rings is 1. The van der Waals surface area contributed by atoms with Crippen molar-refractivity contribution < 1.29 is 9.53 Å². The van der Waals surface area contributed by atoms with Crippen LogP contribution >= 0.6 is 24.8 Å². The number of nitrogens with one attached hydrogen (secondary N) is 2. The van der Waals surface area contributed by atoms with Crippen molar-refractivity contribution in [1.82, 2.24) is 35.3 Å². The van der Waals surface area contributed by atoms with Crippen molar-refractivity contribution in [3.8, 4) is 5.82 Å². The summed E-state index contributed by atoms with van der Waals surface area (Å²) in [4.78, 5) is 24.6. The number of amides is 1. The third kappa shape index (κ3) is 5.33. The van der Waals surface area contributed by atoms with Crippen LogP contribution in [0.2, 0.25) is 0 Å². The molecule has 182 valence electrons. The van der Waals surface area contributed by atoms with Gasteiger partial charge in [0.2, 0.25) is 5.91 Å². The molecule has 0 spiro atoms. The van der Waals surface area contributed by atoms with E-state index in [0.29, 0.717) is 24.3 Å². The Balaban J connectivity index is 0.00000153. The van der Waals surface area contributed by atoms with E-state index in [2.05, 4.69) is 30.6 Å². The van der Waals surface area contributed by atoms with Gasteiger partial charge in [0.05, 0.1) is 18.6 Å². The van der Waals surface area contributed by atoms with Crippen LogP contribution in [0.15, 0.2) is 31.0 Å². The molecule has 2 saturated heterocycles. The van der Waals surface area contributed by atoms with Crippen LogP contribution in [0, 0.1) is 11.3 Å². The summed E-state index contributed by atoms with van der Waals surface area (Å²) in [5.41, 5.74) is 0.608. The average Bonchev–Trinajstić information content (AvgIpc) is 3.38. The summed E-state index contributed by atoms with van der Waals surface area (Å²) in [6, 6.07) is 4.44. The molecule has 1 aliphatic carbocycles. The molecule has 2 aromatic rings. The molecule has 1 saturated carbocycles. The zero-order valence-electron chi connectivity index (χ0n) is 18.7. The van der Waals surface area contributed by atoms with Crippen molar-refractivity contribution in [2.45, 2.75) is 38.3 Å². The Bertz CT molecular complexity index is 895. The van der Waals surface area contributed by atoms with E-state index in [-0.39, 0.29) is 36.1 Å². The third-order valence-electron chi connectivity index (χ3n) is 7.33. The molecule has 9 nitrogen and oxygen atoms in total. The molecule has 4 heterocycles. The second-order valence-corrected chi connectivity index (χ2v) is 8.90. The van der Waals surface area contributed by atoms with Crippen molar-refractivity contribution in [2.24, 2.45) is 11.3 Å². The fraction of sp³-hybridized carbons (Fsp3) is 0.636. The molecule has 33 heavy (non-hydrogen) atoms. The zero-order chi connectivity index (χ0) is 21.1.